The second-order valence-corrected chi connectivity index (χ2v) is 7.88. The molecule has 1 N–H and O–H groups in total. The van der Waals surface area contributed by atoms with E-state index in [4.69, 9.17) is 13.9 Å². The molecule has 1 aliphatic rings. The van der Waals surface area contributed by atoms with E-state index < -0.39 is 23.5 Å². The number of carbonyl (C=O) groups is 2. The molecule has 3 heterocycles. The zero-order valence-corrected chi connectivity index (χ0v) is 19.1. The van der Waals surface area contributed by atoms with Crippen molar-refractivity contribution in [2.75, 3.05) is 20.3 Å². The molecule has 0 aliphatic carbocycles. The van der Waals surface area contributed by atoms with Crippen LogP contribution in [-0.2, 0) is 11.3 Å². The summed E-state index contributed by atoms with van der Waals surface area (Å²) in [6.45, 7) is 3.48. The quantitative estimate of drug-likeness (QED) is 0.427. The SMILES string of the molecule is CCCOc1ccc([C@@H]2C(C(=O)c3ccco3)=C(O)C(=O)N2CCCn2ccnc2)cc1OC. The van der Waals surface area contributed by atoms with E-state index in [9.17, 15) is 14.7 Å². The van der Waals surface area contributed by atoms with Gasteiger partial charge in [0.2, 0.25) is 5.78 Å². The molecule has 0 radical (unpaired) electrons. The molecular weight excluding hydrogens is 438 g/mol. The van der Waals surface area contributed by atoms with Crippen molar-refractivity contribution >= 4 is 11.7 Å². The van der Waals surface area contributed by atoms with Gasteiger partial charge in [0.05, 0.1) is 37.9 Å². The van der Waals surface area contributed by atoms with Crippen molar-refractivity contribution in [1.82, 2.24) is 14.5 Å². The minimum Gasteiger partial charge on any atom is -0.503 e. The van der Waals surface area contributed by atoms with Gasteiger partial charge in [-0.25, -0.2) is 4.98 Å². The molecule has 1 aliphatic heterocycles. The van der Waals surface area contributed by atoms with E-state index in [2.05, 4.69) is 4.98 Å². The average Bonchev–Trinajstić information content (AvgIpc) is 3.61. The number of amides is 1. The van der Waals surface area contributed by atoms with E-state index in [1.54, 1.807) is 36.8 Å². The molecule has 0 spiro atoms. The summed E-state index contributed by atoms with van der Waals surface area (Å²) in [5, 5.41) is 10.8. The van der Waals surface area contributed by atoms with Gasteiger partial charge in [0, 0.05) is 25.5 Å². The van der Waals surface area contributed by atoms with Crippen molar-refractivity contribution < 1.29 is 28.6 Å². The van der Waals surface area contributed by atoms with Crippen LogP contribution in [0.15, 0.2) is 71.1 Å². The molecule has 0 bridgehead atoms. The van der Waals surface area contributed by atoms with Crippen LogP contribution in [0.1, 0.15) is 41.9 Å². The fraction of sp³-hybridized carbons (Fsp3) is 0.320. The van der Waals surface area contributed by atoms with Gasteiger partial charge >= 0.3 is 0 Å². The molecule has 3 aromatic rings. The lowest BCUT2D eigenvalue weighted by Crippen LogP contribution is -2.32. The van der Waals surface area contributed by atoms with Crippen molar-refractivity contribution in [3.05, 3.63) is 78.0 Å². The zero-order valence-electron chi connectivity index (χ0n) is 19.1. The van der Waals surface area contributed by atoms with Gasteiger partial charge in [0.25, 0.3) is 5.91 Å². The highest BCUT2D eigenvalue weighted by atomic mass is 16.5. The molecule has 0 saturated heterocycles. The standard InChI is InChI=1S/C25H27N3O6/c1-3-13-33-18-8-7-17(15-20(18)32-2)22-21(23(29)19-6-4-14-34-19)24(30)25(31)28(22)11-5-10-27-12-9-26-16-27/h4,6-9,12,14-16,22,30H,3,5,10-11,13H2,1-2H3/t22-/m1/s1. The normalized spacial score (nSPS) is 15.8. The van der Waals surface area contributed by atoms with Crippen LogP contribution in [0.4, 0.5) is 0 Å². The Morgan fingerprint density at radius 3 is 2.76 bits per heavy atom. The van der Waals surface area contributed by atoms with E-state index in [0.717, 1.165) is 6.42 Å². The topological polar surface area (TPSA) is 107 Å². The number of hydrogen-bond donors (Lipinski definition) is 1. The summed E-state index contributed by atoms with van der Waals surface area (Å²) in [6.07, 6.45) is 8.04. The van der Waals surface area contributed by atoms with E-state index >= 15 is 0 Å². The Hall–Kier alpha value is -4.01. The smallest absolute Gasteiger partial charge is 0.290 e. The Kier molecular flexibility index (Phi) is 7.01. The van der Waals surface area contributed by atoms with E-state index in [0.29, 0.717) is 43.2 Å². The van der Waals surface area contributed by atoms with Crippen LogP contribution >= 0.6 is 0 Å². The summed E-state index contributed by atoms with van der Waals surface area (Å²) in [4.78, 5) is 31.9. The summed E-state index contributed by atoms with van der Waals surface area (Å²) in [7, 11) is 1.53. The van der Waals surface area contributed by atoms with Gasteiger partial charge in [-0.1, -0.05) is 13.0 Å². The molecular formula is C25H27N3O6. The maximum atomic E-state index is 13.3. The van der Waals surface area contributed by atoms with Gasteiger partial charge in [-0.15, -0.1) is 0 Å². The van der Waals surface area contributed by atoms with Crippen LogP contribution < -0.4 is 9.47 Å². The van der Waals surface area contributed by atoms with E-state index in [-0.39, 0.29) is 11.3 Å². The number of aliphatic hydroxyl groups excluding tert-OH is 1. The number of benzene rings is 1. The summed E-state index contributed by atoms with van der Waals surface area (Å²) >= 11 is 0. The maximum absolute atomic E-state index is 13.3. The molecule has 0 saturated carbocycles. The Balaban J connectivity index is 1.69. The number of ether oxygens (including phenoxy) is 2. The fourth-order valence-electron chi connectivity index (χ4n) is 4.03. The summed E-state index contributed by atoms with van der Waals surface area (Å²) in [6, 6.07) is 7.56. The van der Waals surface area contributed by atoms with Gasteiger partial charge in [-0.3, -0.25) is 9.59 Å². The Labute approximate surface area is 197 Å². The third-order valence-electron chi connectivity index (χ3n) is 5.63. The molecule has 2 aromatic heterocycles. The van der Waals surface area contributed by atoms with Crippen LogP contribution in [0, 0.1) is 0 Å². The predicted octanol–water partition coefficient (Wildman–Crippen LogP) is 3.94. The van der Waals surface area contributed by atoms with Crippen molar-refractivity contribution in [1.29, 1.82) is 0 Å². The Morgan fingerprint density at radius 2 is 2.09 bits per heavy atom. The number of aryl methyl sites for hydroxylation is 1. The highest BCUT2D eigenvalue weighted by Gasteiger charge is 2.44. The zero-order chi connectivity index (χ0) is 24.1. The third-order valence-corrected chi connectivity index (χ3v) is 5.63. The first-order valence-corrected chi connectivity index (χ1v) is 11.1. The molecule has 1 aromatic carbocycles. The number of nitrogens with zero attached hydrogens (tertiary/aromatic N) is 3. The van der Waals surface area contributed by atoms with Gasteiger partial charge in [-0.2, -0.15) is 0 Å². The maximum Gasteiger partial charge on any atom is 0.290 e. The number of furan rings is 1. The van der Waals surface area contributed by atoms with Crippen molar-refractivity contribution in [2.24, 2.45) is 0 Å². The highest BCUT2D eigenvalue weighted by molar-refractivity contribution is 6.15. The molecule has 0 unspecified atom stereocenters. The van der Waals surface area contributed by atoms with Gasteiger partial charge in [-0.05, 0) is 42.7 Å². The number of ketones is 1. The van der Waals surface area contributed by atoms with E-state index in [1.807, 2.05) is 17.7 Å². The van der Waals surface area contributed by atoms with Crippen LogP contribution in [0.3, 0.4) is 0 Å². The lowest BCUT2D eigenvalue weighted by atomic mass is 9.94. The molecule has 1 atom stereocenters. The van der Waals surface area contributed by atoms with Crippen LogP contribution in [0.5, 0.6) is 11.5 Å². The number of carbonyl (C=O) groups excluding carboxylic acids is 2. The first-order chi connectivity index (χ1) is 16.5. The third kappa shape index (κ3) is 4.54. The molecule has 178 valence electrons. The van der Waals surface area contributed by atoms with Crippen molar-refractivity contribution in [3.63, 3.8) is 0 Å². The second-order valence-electron chi connectivity index (χ2n) is 7.88. The average molecular weight is 466 g/mol. The molecule has 34 heavy (non-hydrogen) atoms. The number of imidazole rings is 1. The highest BCUT2D eigenvalue weighted by Crippen LogP contribution is 2.41. The summed E-state index contributed by atoms with van der Waals surface area (Å²) in [5.74, 6) is -0.614. The number of methoxy groups -OCH3 is 1. The number of hydrogen-bond acceptors (Lipinski definition) is 7. The molecule has 9 nitrogen and oxygen atoms in total. The molecule has 4 rings (SSSR count). The molecule has 9 heteroatoms. The summed E-state index contributed by atoms with van der Waals surface area (Å²) in [5.41, 5.74) is 0.600. The molecule has 1 amide bonds. The second kappa shape index (κ2) is 10.3. The lowest BCUT2D eigenvalue weighted by Gasteiger charge is -2.27. The number of aromatic nitrogens is 2. The van der Waals surface area contributed by atoms with Crippen molar-refractivity contribution in [2.45, 2.75) is 32.4 Å². The predicted molar refractivity (Wildman–Crippen MR) is 123 cm³/mol. The number of rotatable bonds is 11. The largest absolute Gasteiger partial charge is 0.503 e. The van der Waals surface area contributed by atoms with Gasteiger partial charge in [0.1, 0.15) is 0 Å². The van der Waals surface area contributed by atoms with Crippen molar-refractivity contribution in [3.8, 4) is 11.5 Å². The van der Waals surface area contributed by atoms with Gasteiger partial charge in [0.15, 0.2) is 23.0 Å². The van der Waals surface area contributed by atoms with Crippen LogP contribution in [0.25, 0.3) is 0 Å². The monoisotopic (exact) mass is 465 g/mol. The van der Waals surface area contributed by atoms with Crippen LogP contribution in [0.2, 0.25) is 0 Å². The fourth-order valence-corrected chi connectivity index (χ4v) is 4.03. The number of aliphatic hydroxyl groups is 1. The van der Waals surface area contributed by atoms with E-state index in [1.165, 1.54) is 24.3 Å². The van der Waals surface area contributed by atoms with Crippen LogP contribution in [-0.4, -0.2) is 51.5 Å². The first-order valence-electron chi connectivity index (χ1n) is 11.1. The Morgan fingerprint density at radius 1 is 1.24 bits per heavy atom. The first kappa shape index (κ1) is 23.2. The minimum atomic E-state index is -0.804. The molecule has 0 fully saturated rings. The number of Topliss-reactive ketones (excluding diaryl/α,β-unsaturated/α-hetero) is 1. The minimum absolute atomic E-state index is 0.0214. The Bertz CT molecular complexity index is 1170. The summed E-state index contributed by atoms with van der Waals surface area (Å²) < 4.78 is 18.4. The van der Waals surface area contributed by atoms with Gasteiger partial charge < -0.3 is 28.5 Å². The lowest BCUT2D eigenvalue weighted by molar-refractivity contribution is -0.129.